The highest BCUT2D eigenvalue weighted by Crippen LogP contribution is 2.00. The first kappa shape index (κ1) is 9.56. The predicted molar refractivity (Wildman–Crippen MR) is 38.3 cm³/mol. The number of rotatable bonds is 4. The van der Waals surface area contributed by atoms with Gasteiger partial charge in [-0.15, -0.1) is 6.58 Å². The zero-order valence-corrected chi connectivity index (χ0v) is 6.27. The Morgan fingerprint density at radius 1 is 1.40 bits per heavy atom. The summed E-state index contributed by atoms with van der Waals surface area (Å²) in [6.45, 7) is 6.70. The van der Waals surface area contributed by atoms with Crippen molar-refractivity contribution < 1.29 is 8.78 Å². The van der Waals surface area contributed by atoms with Crippen LogP contribution in [0.3, 0.4) is 0 Å². The molecule has 1 N–H and O–H groups in total. The summed E-state index contributed by atoms with van der Waals surface area (Å²) < 4.78 is 23.7. The molecular formula is C7H13F2N. The van der Waals surface area contributed by atoms with E-state index in [1.165, 1.54) is 6.92 Å². The molecule has 0 aromatic carbocycles. The number of hydrogen-bond donors (Lipinski definition) is 1. The van der Waals surface area contributed by atoms with Gasteiger partial charge in [0.05, 0.1) is 6.04 Å². The van der Waals surface area contributed by atoms with Crippen molar-refractivity contribution in [3.8, 4) is 0 Å². The van der Waals surface area contributed by atoms with Gasteiger partial charge in [0.2, 0.25) is 0 Å². The lowest BCUT2D eigenvalue weighted by atomic mass is 10.2. The van der Waals surface area contributed by atoms with Crippen LogP contribution in [0.2, 0.25) is 0 Å². The number of halogens is 2. The van der Waals surface area contributed by atoms with Crippen LogP contribution in [0.5, 0.6) is 0 Å². The van der Waals surface area contributed by atoms with Gasteiger partial charge in [0.25, 0.3) is 6.43 Å². The van der Waals surface area contributed by atoms with Crippen molar-refractivity contribution in [1.29, 1.82) is 0 Å². The Bertz CT molecular complexity index is 104. The van der Waals surface area contributed by atoms with E-state index in [-0.39, 0.29) is 6.04 Å². The maximum absolute atomic E-state index is 11.8. The molecule has 0 aromatic rings. The Morgan fingerprint density at radius 3 is 2.20 bits per heavy atom. The molecule has 0 radical (unpaired) electrons. The van der Waals surface area contributed by atoms with E-state index in [1.807, 2.05) is 0 Å². The molecule has 60 valence electrons. The molecular weight excluding hydrogens is 136 g/mol. The fourth-order valence-electron chi connectivity index (χ4n) is 0.555. The lowest BCUT2D eigenvalue weighted by molar-refractivity contribution is 0.104. The molecule has 0 aromatic heterocycles. The Kier molecular flexibility index (Phi) is 4.19. The SMILES string of the molecule is C=CC(C)NC(C)C(F)F. The molecule has 0 aliphatic heterocycles. The van der Waals surface area contributed by atoms with Gasteiger partial charge in [-0.1, -0.05) is 6.08 Å². The molecule has 2 unspecified atom stereocenters. The van der Waals surface area contributed by atoms with Crippen LogP contribution in [0, 0.1) is 0 Å². The van der Waals surface area contributed by atoms with Gasteiger partial charge >= 0.3 is 0 Å². The fourth-order valence-corrected chi connectivity index (χ4v) is 0.555. The zero-order chi connectivity index (χ0) is 8.15. The first-order chi connectivity index (χ1) is 4.57. The van der Waals surface area contributed by atoms with Crippen LogP contribution in [-0.4, -0.2) is 18.5 Å². The van der Waals surface area contributed by atoms with Gasteiger partial charge in [0, 0.05) is 6.04 Å². The van der Waals surface area contributed by atoms with E-state index < -0.39 is 12.5 Å². The maximum atomic E-state index is 11.8. The molecule has 0 heterocycles. The second-order valence-corrected chi connectivity index (χ2v) is 2.31. The quantitative estimate of drug-likeness (QED) is 0.601. The van der Waals surface area contributed by atoms with E-state index in [0.29, 0.717) is 0 Å². The minimum Gasteiger partial charge on any atom is -0.303 e. The lowest BCUT2D eigenvalue weighted by Crippen LogP contribution is -2.37. The summed E-state index contributed by atoms with van der Waals surface area (Å²) in [7, 11) is 0. The Balaban J connectivity index is 3.56. The van der Waals surface area contributed by atoms with Crippen LogP contribution >= 0.6 is 0 Å². The van der Waals surface area contributed by atoms with Crippen LogP contribution in [0.15, 0.2) is 12.7 Å². The van der Waals surface area contributed by atoms with Gasteiger partial charge in [0.1, 0.15) is 0 Å². The number of nitrogens with one attached hydrogen (secondary N) is 1. The molecule has 0 aliphatic rings. The molecule has 1 nitrogen and oxygen atoms in total. The standard InChI is InChI=1S/C7H13F2N/c1-4-5(2)10-6(3)7(8)9/h4-7,10H,1H2,2-3H3. The van der Waals surface area contributed by atoms with Gasteiger partial charge in [-0.2, -0.15) is 0 Å². The number of hydrogen-bond acceptors (Lipinski definition) is 1. The topological polar surface area (TPSA) is 12.0 Å². The van der Waals surface area contributed by atoms with E-state index in [4.69, 9.17) is 0 Å². The van der Waals surface area contributed by atoms with Crippen LogP contribution in [0.1, 0.15) is 13.8 Å². The third kappa shape index (κ3) is 3.56. The summed E-state index contributed by atoms with van der Waals surface area (Å²) in [5.74, 6) is 0. The van der Waals surface area contributed by atoms with Gasteiger partial charge in [-0.05, 0) is 13.8 Å². The van der Waals surface area contributed by atoms with Crippen molar-refractivity contribution in [3.63, 3.8) is 0 Å². The normalized spacial score (nSPS) is 16.9. The van der Waals surface area contributed by atoms with Crippen molar-refractivity contribution in [2.24, 2.45) is 0 Å². The molecule has 0 aliphatic carbocycles. The van der Waals surface area contributed by atoms with Crippen molar-refractivity contribution in [2.45, 2.75) is 32.4 Å². The van der Waals surface area contributed by atoms with E-state index in [1.54, 1.807) is 13.0 Å². The minimum absolute atomic E-state index is 0.0519. The second-order valence-electron chi connectivity index (χ2n) is 2.31. The largest absolute Gasteiger partial charge is 0.303 e. The average Bonchev–Trinajstić information content (AvgIpc) is 1.87. The van der Waals surface area contributed by atoms with Gasteiger partial charge in [-0.25, -0.2) is 8.78 Å². The maximum Gasteiger partial charge on any atom is 0.253 e. The van der Waals surface area contributed by atoms with Gasteiger partial charge in [0.15, 0.2) is 0 Å². The first-order valence-corrected chi connectivity index (χ1v) is 3.24. The molecule has 0 saturated heterocycles. The highest BCUT2D eigenvalue weighted by Gasteiger charge is 2.14. The molecule has 0 amide bonds. The first-order valence-electron chi connectivity index (χ1n) is 3.24. The van der Waals surface area contributed by atoms with E-state index >= 15 is 0 Å². The molecule has 0 fully saturated rings. The van der Waals surface area contributed by atoms with Crippen molar-refractivity contribution >= 4 is 0 Å². The molecule has 0 spiro atoms. The fraction of sp³-hybridized carbons (Fsp3) is 0.714. The molecule has 3 heteroatoms. The molecule has 2 atom stereocenters. The van der Waals surface area contributed by atoms with Crippen LogP contribution in [0.25, 0.3) is 0 Å². The van der Waals surface area contributed by atoms with Crippen molar-refractivity contribution in [3.05, 3.63) is 12.7 Å². The number of alkyl halides is 2. The predicted octanol–water partition coefficient (Wildman–Crippen LogP) is 1.80. The van der Waals surface area contributed by atoms with E-state index in [2.05, 4.69) is 11.9 Å². The third-order valence-electron chi connectivity index (χ3n) is 1.26. The zero-order valence-electron chi connectivity index (χ0n) is 6.27. The Labute approximate surface area is 60.1 Å². The van der Waals surface area contributed by atoms with E-state index in [9.17, 15) is 8.78 Å². The molecule has 0 bridgehead atoms. The monoisotopic (exact) mass is 149 g/mol. The highest BCUT2D eigenvalue weighted by atomic mass is 19.3. The molecule has 10 heavy (non-hydrogen) atoms. The highest BCUT2D eigenvalue weighted by molar-refractivity contribution is 4.83. The summed E-state index contributed by atoms with van der Waals surface area (Å²) in [4.78, 5) is 0. The lowest BCUT2D eigenvalue weighted by Gasteiger charge is -2.15. The van der Waals surface area contributed by atoms with Crippen molar-refractivity contribution in [1.82, 2.24) is 5.32 Å². The molecule has 0 saturated carbocycles. The summed E-state index contributed by atoms with van der Waals surface area (Å²) in [6, 6.07) is -0.808. The Hall–Kier alpha value is -0.440. The van der Waals surface area contributed by atoms with Crippen LogP contribution < -0.4 is 5.32 Å². The van der Waals surface area contributed by atoms with Crippen LogP contribution in [0.4, 0.5) is 8.78 Å². The summed E-state index contributed by atoms with van der Waals surface area (Å²) in [5, 5.41) is 2.66. The average molecular weight is 149 g/mol. The summed E-state index contributed by atoms with van der Waals surface area (Å²) in [6.07, 6.45) is -0.707. The third-order valence-corrected chi connectivity index (χ3v) is 1.26. The van der Waals surface area contributed by atoms with Crippen LogP contribution in [-0.2, 0) is 0 Å². The van der Waals surface area contributed by atoms with E-state index in [0.717, 1.165) is 0 Å². The summed E-state index contributed by atoms with van der Waals surface area (Å²) in [5.41, 5.74) is 0. The molecule has 0 rings (SSSR count). The minimum atomic E-state index is -2.30. The second kappa shape index (κ2) is 4.39. The van der Waals surface area contributed by atoms with Gasteiger partial charge in [-0.3, -0.25) is 0 Å². The van der Waals surface area contributed by atoms with Gasteiger partial charge < -0.3 is 5.32 Å². The summed E-state index contributed by atoms with van der Waals surface area (Å²) >= 11 is 0. The smallest absolute Gasteiger partial charge is 0.253 e. The Morgan fingerprint density at radius 2 is 1.90 bits per heavy atom. The van der Waals surface area contributed by atoms with Crippen molar-refractivity contribution in [2.75, 3.05) is 0 Å².